The SMILES string of the molecule is CN1CCN(CC2CCN(c3nnc4ccc(O[C@@H]5CC[C@H](NC(=O)Nc6cc(C(C)(C)C)nn6C)c6ccccc65)cn34)CC2)CC1. The summed E-state index contributed by atoms with van der Waals surface area (Å²) in [5, 5.41) is 19.8. The number of amides is 2. The number of urea groups is 1. The van der Waals surface area contributed by atoms with Gasteiger partial charge in [0.2, 0.25) is 5.95 Å². The highest BCUT2D eigenvalue weighted by Gasteiger charge is 2.31. The fourth-order valence-electron chi connectivity index (χ4n) is 7.30. The smallest absolute Gasteiger partial charge is 0.320 e. The zero-order valence-corrected chi connectivity index (χ0v) is 29.0. The molecule has 2 saturated heterocycles. The average Bonchev–Trinajstić information content (AvgIpc) is 3.66. The first-order chi connectivity index (χ1) is 23.1. The van der Waals surface area contributed by atoms with Gasteiger partial charge < -0.3 is 24.8 Å². The van der Waals surface area contributed by atoms with Crippen molar-refractivity contribution in [3.05, 3.63) is 65.5 Å². The fourth-order valence-corrected chi connectivity index (χ4v) is 7.30. The number of pyridine rings is 1. The molecule has 3 aromatic heterocycles. The molecule has 0 bridgehead atoms. The number of fused-ring (bicyclic) bond motifs is 2. The molecule has 0 radical (unpaired) electrons. The number of likely N-dealkylation sites (N-methyl/N-ethyl adjacent to an activating group) is 1. The number of carbonyl (C=O) groups is 1. The minimum Gasteiger partial charge on any atom is -0.484 e. The number of anilines is 2. The Morgan fingerprint density at radius 3 is 2.40 bits per heavy atom. The second-order valence-corrected chi connectivity index (χ2v) is 14.9. The first-order valence-corrected chi connectivity index (χ1v) is 17.5. The van der Waals surface area contributed by atoms with Crippen LogP contribution in [0.3, 0.4) is 0 Å². The number of benzene rings is 1. The molecule has 256 valence electrons. The van der Waals surface area contributed by atoms with Gasteiger partial charge in [-0.1, -0.05) is 45.0 Å². The van der Waals surface area contributed by atoms with E-state index in [1.54, 1.807) is 4.68 Å². The fraction of sp³-hybridized carbons (Fsp3) is 0.556. The first kappa shape index (κ1) is 32.4. The maximum Gasteiger partial charge on any atom is 0.320 e. The molecule has 12 heteroatoms. The van der Waals surface area contributed by atoms with Crippen LogP contribution in [0.15, 0.2) is 48.7 Å². The standard InChI is InChI=1S/C36H50N10O2/c1-36(2,3)31-22-33(43(5)41-31)38-34(47)37-29-11-12-30(28-9-7-6-8-27(28)29)48-26-10-13-32-39-40-35(46(32)24-26)45-16-14-25(15-17-45)23-44-20-18-42(4)19-21-44/h6-10,13,22,24-25,29-30H,11-12,14-21,23H2,1-5H3,(H2,37,38,47)/t29-,30+/m0/s1. The van der Waals surface area contributed by atoms with Gasteiger partial charge in [-0.15, -0.1) is 10.2 Å². The predicted molar refractivity (Wildman–Crippen MR) is 188 cm³/mol. The molecule has 12 nitrogen and oxygen atoms in total. The highest BCUT2D eigenvalue weighted by molar-refractivity contribution is 5.88. The van der Waals surface area contributed by atoms with Crippen LogP contribution in [0, 0.1) is 5.92 Å². The third-order valence-electron chi connectivity index (χ3n) is 10.3. The van der Waals surface area contributed by atoms with Gasteiger partial charge in [0, 0.05) is 64.3 Å². The normalized spacial score (nSPS) is 21.3. The van der Waals surface area contributed by atoms with Crippen LogP contribution in [-0.2, 0) is 12.5 Å². The summed E-state index contributed by atoms with van der Waals surface area (Å²) in [5.41, 5.74) is 3.82. The van der Waals surface area contributed by atoms with Gasteiger partial charge in [0.05, 0.1) is 17.9 Å². The molecule has 1 aromatic carbocycles. The minimum absolute atomic E-state index is 0.104. The number of nitrogens with zero attached hydrogens (tertiary/aromatic N) is 8. The van der Waals surface area contributed by atoms with Crippen LogP contribution < -0.4 is 20.3 Å². The van der Waals surface area contributed by atoms with E-state index in [-0.39, 0.29) is 23.6 Å². The largest absolute Gasteiger partial charge is 0.484 e. The zero-order chi connectivity index (χ0) is 33.4. The molecule has 0 spiro atoms. The van der Waals surface area contributed by atoms with E-state index in [1.165, 1.54) is 45.6 Å². The molecule has 2 N–H and O–H groups in total. The summed E-state index contributed by atoms with van der Waals surface area (Å²) in [6.07, 6.45) is 5.78. The molecule has 0 saturated carbocycles. The molecule has 2 aliphatic heterocycles. The molecule has 3 aliphatic rings. The van der Waals surface area contributed by atoms with E-state index in [4.69, 9.17) is 4.74 Å². The van der Waals surface area contributed by atoms with Crippen molar-refractivity contribution in [2.45, 2.75) is 64.0 Å². The Hall–Kier alpha value is -4.16. The second-order valence-electron chi connectivity index (χ2n) is 14.9. The van der Waals surface area contributed by atoms with Gasteiger partial charge >= 0.3 is 6.03 Å². The molecule has 0 unspecified atom stereocenters. The lowest BCUT2D eigenvalue weighted by atomic mass is 9.85. The summed E-state index contributed by atoms with van der Waals surface area (Å²) in [4.78, 5) is 20.6. The number of carbonyl (C=O) groups excluding carboxylic acids is 1. The number of nitrogens with one attached hydrogen (secondary N) is 2. The van der Waals surface area contributed by atoms with Crippen LogP contribution in [0.4, 0.5) is 16.6 Å². The molecule has 2 amide bonds. The summed E-state index contributed by atoms with van der Waals surface area (Å²) >= 11 is 0. The Kier molecular flexibility index (Phi) is 9.04. The van der Waals surface area contributed by atoms with E-state index in [0.29, 0.717) is 5.82 Å². The lowest BCUT2D eigenvalue weighted by Crippen LogP contribution is -2.47. The summed E-state index contributed by atoms with van der Waals surface area (Å²) < 4.78 is 10.5. The Labute approximate surface area is 283 Å². The molecular weight excluding hydrogens is 604 g/mol. The topological polar surface area (TPSA) is 108 Å². The van der Waals surface area contributed by atoms with E-state index in [9.17, 15) is 4.79 Å². The average molecular weight is 655 g/mol. The van der Waals surface area contributed by atoms with Crippen LogP contribution in [0.25, 0.3) is 5.65 Å². The third-order valence-corrected chi connectivity index (χ3v) is 10.3. The Morgan fingerprint density at radius 2 is 1.67 bits per heavy atom. The lowest BCUT2D eigenvalue weighted by molar-refractivity contribution is 0.129. The van der Waals surface area contributed by atoms with Crippen molar-refractivity contribution in [1.29, 1.82) is 0 Å². The van der Waals surface area contributed by atoms with Gasteiger partial charge in [-0.25, -0.2) is 4.79 Å². The third kappa shape index (κ3) is 7.00. The number of hydrogen-bond acceptors (Lipinski definition) is 8. The van der Waals surface area contributed by atoms with Crippen molar-refractivity contribution >= 4 is 23.4 Å². The van der Waals surface area contributed by atoms with Crippen LogP contribution in [0.1, 0.15) is 75.4 Å². The summed E-state index contributed by atoms with van der Waals surface area (Å²) in [6.45, 7) is 14.2. The van der Waals surface area contributed by atoms with Crippen molar-refractivity contribution in [2.75, 3.05) is 63.1 Å². The van der Waals surface area contributed by atoms with E-state index in [0.717, 1.165) is 66.0 Å². The van der Waals surface area contributed by atoms with Crippen molar-refractivity contribution in [3.8, 4) is 5.75 Å². The first-order valence-electron chi connectivity index (χ1n) is 17.5. The zero-order valence-electron chi connectivity index (χ0n) is 29.0. The second kappa shape index (κ2) is 13.4. The predicted octanol–water partition coefficient (Wildman–Crippen LogP) is 5.00. The number of piperazine rings is 1. The summed E-state index contributed by atoms with van der Waals surface area (Å²) in [6, 6.07) is 13.8. The Morgan fingerprint density at radius 1 is 0.917 bits per heavy atom. The maximum absolute atomic E-state index is 13.1. The maximum atomic E-state index is 13.1. The molecule has 2 atom stereocenters. The number of piperidine rings is 1. The molecule has 4 aromatic rings. The molecule has 2 fully saturated rings. The van der Waals surface area contributed by atoms with Gasteiger partial charge in [-0.2, -0.15) is 5.10 Å². The molecule has 7 rings (SSSR count). The van der Waals surface area contributed by atoms with Crippen LogP contribution >= 0.6 is 0 Å². The lowest BCUT2D eigenvalue weighted by Gasteiger charge is -2.38. The van der Waals surface area contributed by atoms with E-state index >= 15 is 0 Å². The number of ether oxygens (including phenoxy) is 1. The van der Waals surface area contributed by atoms with Crippen molar-refractivity contribution in [1.82, 2.24) is 39.5 Å². The molecule has 48 heavy (non-hydrogen) atoms. The number of aromatic nitrogens is 5. The van der Waals surface area contributed by atoms with Gasteiger partial charge in [-0.05, 0) is 61.9 Å². The molecular formula is C36H50N10O2. The quantitative estimate of drug-likeness (QED) is 0.287. The van der Waals surface area contributed by atoms with E-state index < -0.39 is 0 Å². The monoisotopic (exact) mass is 654 g/mol. The van der Waals surface area contributed by atoms with E-state index in [1.807, 2.05) is 43.6 Å². The van der Waals surface area contributed by atoms with Crippen LogP contribution in [0.5, 0.6) is 5.75 Å². The highest BCUT2D eigenvalue weighted by atomic mass is 16.5. The van der Waals surface area contributed by atoms with Crippen molar-refractivity contribution < 1.29 is 9.53 Å². The highest BCUT2D eigenvalue weighted by Crippen LogP contribution is 2.39. The van der Waals surface area contributed by atoms with Gasteiger partial charge in [0.25, 0.3) is 0 Å². The molecule has 5 heterocycles. The van der Waals surface area contributed by atoms with Gasteiger partial charge in [0.15, 0.2) is 5.65 Å². The number of rotatable bonds is 7. The van der Waals surface area contributed by atoms with Crippen molar-refractivity contribution in [3.63, 3.8) is 0 Å². The van der Waals surface area contributed by atoms with Gasteiger partial charge in [-0.3, -0.25) is 14.4 Å². The van der Waals surface area contributed by atoms with Gasteiger partial charge in [0.1, 0.15) is 17.7 Å². The van der Waals surface area contributed by atoms with Crippen LogP contribution in [0.2, 0.25) is 0 Å². The summed E-state index contributed by atoms with van der Waals surface area (Å²) in [7, 11) is 4.06. The van der Waals surface area contributed by atoms with Crippen molar-refractivity contribution in [2.24, 2.45) is 13.0 Å². The Bertz CT molecular complexity index is 1730. The van der Waals surface area contributed by atoms with E-state index in [2.05, 4.69) is 85.0 Å². The summed E-state index contributed by atoms with van der Waals surface area (Å²) in [5.74, 6) is 3.07. The Balaban J connectivity index is 0.994. The number of hydrogen-bond donors (Lipinski definition) is 2. The molecule has 1 aliphatic carbocycles. The van der Waals surface area contributed by atoms with Crippen LogP contribution in [-0.4, -0.2) is 93.1 Å². The number of aryl methyl sites for hydroxylation is 1. The minimum atomic E-state index is -0.244.